The average molecular weight is 376 g/mol. The van der Waals surface area contributed by atoms with Crippen LogP contribution in [0.25, 0.3) is 0 Å². The number of morpholine rings is 1. The quantitative estimate of drug-likeness (QED) is 0.818. The van der Waals surface area contributed by atoms with E-state index < -0.39 is 0 Å². The van der Waals surface area contributed by atoms with E-state index in [0.29, 0.717) is 18.4 Å². The molecule has 2 fully saturated rings. The smallest absolute Gasteiger partial charge is 0.227 e. The number of amides is 1. The van der Waals surface area contributed by atoms with Crippen molar-refractivity contribution in [2.24, 2.45) is 5.92 Å². The zero-order chi connectivity index (χ0) is 15.5. The molecule has 0 aliphatic carbocycles. The second kappa shape index (κ2) is 9.47. The Morgan fingerprint density at radius 3 is 2.42 bits per heavy atom. The first kappa shape index (κ1) is 21.0. The first-order valence-corrected chi connectivity index (χ1v) is 8.07. The first-order valence-electron chi connectivity index (χ1n) is 8.07. The summed E-state index contributed by atoms with van der Waals surface area (Å²) in [5.41, 5.74) is 7.45. The summed E-state index contributed by atoms with van der Waals surface area (Å²) >= 11 is 0. The number of ether oxygens (including phenoxy) is 1. The molecule has 2 unspecified atom stereocenters. The van der Waals surface area contributed by atoms with Crippen molar-refractivity contribution in [2.75, 3.05) is 45.1 Å². The van der Waals surface area contributed by atoms with Crippen LogP contribution in [0.5, 0.6) is 0 Å². The number of halogens is 2. The number of likely N-dealkylation sites (tertiary alicyclic amines) is 1. The number of anilines is 1. The highest BCUT2D eigenvalue weighted by atomic mass is 35.5. The summed E-state index contributed by atoms with van der Waals surface area (Å²) in [5, 5.41) is 0. The van der Waals surface area contributed by atoms with E-state index in [1.807, 2.05) is 29.2 Å². The maximum atomic E-state index is 12.5. The van der Waals surface area contributed by atoms with Crippen LogP contribution >= 0.6 is 24.8 Å². The van der Waals surface area contributed by atoms with Gasteiger partial charge in [0.1, 0.15) is 0 Å². The van der Waals surface area contributed by atoms with Gasteiger partial charge in [-0.2, -0.15) is 0 Å². The second-order valence-corrected chi connectivity index (χ2v) is 6.41. The van der Waals surface area contributed by atoms with E-state index in [2.05, 4.69) is 11.8 Å². The summed E-state index contributed by atoms with van der Waals surface area (Å²) in [6.07, 6.45) is 0.461. The van der Waals surface area contributed by atoms with Crippen LogP contribution in [0, 0.1) is 5.92 Å². The SMILES string of the molecule is CC1CN(C(=O)Cc2ccc(N)cc2)CC1N1CCOCC1.Cl.Cl. The highest BCUT2D eigenvalue weighted by Gasteiger charge is 2.36. The van der Waals surface area contributed by atoms with E-state index in [1.54, 1.807) is 0 Å². The summed E-state index contributed by atoms with van der Waals surface area (Å²) in [5.74, 6) is 0.737. The van der Waals surface area contributed by atoms with Gasteiger partial charge in [0, 0.05) is 37.9 Å². The van der Waals surface area contributed by atoms with Gasteiger partial charge in [-0.1, -0.05) is 19.1 Å². The lowest BCUT2D eigenvalue weighted by atomic mass is 10.0. The molecule has 1 aromatic carbocycles. The maximum absolute atomic E-state index is 12.5. The zero-order valence-electron chi connectivity index (χ0n) is 14.0. The number of carbonyl (C=O) groups is 1. The molecule has 2 heterocycles. The molecular formula is C17H27Cl2N3O2. The molecule has 0 aromatic heterocycles. The lowest BCUT2D eigenvalue weighted by Gasteiger charge is -2.34. The van der Waals surface area contributed by atoms with E-state index in [-0.39, 0.29) is 30.7 Å². The second-order valence-electron chi connectivity index (χ2n) is 6.41. The Morgan fingerprint density at radius 1 is 1.17 bits per heavy atom. The summed E-state index contributed by atoms with van der Waals surface area (Å²) < 4.78 is 5.43. The maximum Gasteiger partial charge on any atom is 0.227 e. The van der Waals surface area contributed by atoms with Crippen molar-refractivity contribution in [1.29, 1.82) is 0 Å². The average Bonchev–Trinajstić information content (AvgIpc) is 2.92. The molecule has 7 heteroatoms. The molecule has 3 rings (SSSR count). The summed E-state index contributed by atoms with van der Waals surface area (Å²) in [6.45, 7) is 7.52. The minimum absolute atomic E-state index is 0. The lowest BCUT2D eigenvalue weighted by molar-refractivity contribution is -0.129. The van der Waals surface area contributed by atoms with Crippen LogP contribution in [0.4, 0.5) is 5.69 Å². The van der Waals surface area contributed by atoms with Gasteiger partial charge in [0.25, 0.3) is 0 Å². The highest BCUT2D eigenvalue weighted by molar-refractivity contribution is 5.85. The Balaban J connectivity index is 0.00000144. The standard InChI is InChI=1S/C17H25N3O2.2ClH/c1-13-11-20(12-16(13)19-6-8-22-9-7-19)17(21)10-14-2-4-15(18)5-3-14;;/h2-5,13,16H,6-12,18H2,1H3;2*1H. The Morgan fingerprint density at radius 2 is 1.79 bits per heavy atom. The third kappa shape index (κ3) is 4.99. The van der Waals surface area contributed by atoms with Crippen molar-refractivity contribution < 1.29 is 9.53 Å². The summed E-state index contributed by atoms with van der Waals surface area (Å²) in [6, 6.07) is 8.05. The van der Waals surface area contributed by atoms with Crippen molar-refractivity contribution in [1.82, 2.24) is 9.80 Å². The molecule has 2 N–H and O–H groups in total. The van der Waals surface area contributed by atoms with E-state index in [0.717, 1.165) is 50.6 Å². The minimum atomic E-state index is 0. The van der Waals surface area contributed by atoms with Gasteiger partial charge in [-0.3, -0.25) is 9.69 Å². The van der Waals surface area contributed by atoms with Gasteiger partial charge in [-0.05, 0) is 23.6 Å². The number of hydrogen-bond acceptors (Lipinski definition) is 4. The molecule has 2 saturated heterocycles. The molecule has 136 valence electrons. The van der Waals surface area contributed by atoms with E-state index in [4.69, 9.17) is 10.5 Å². The van der Waals surface area contributed by atoms with Crippen molar-refractivity contribution in [3.8, 4) is 0 Å². The molecular weight excluding hydrogens is 349 g/mol. The number of nitrogens with zero attached hydrogens (tertiary/aromatic N) is 2. The fourth-order valence-electron chi connectivity index (χ4n) is 3.46. The Kier molecular flexibility index (Phi) is 8.30. The fraction of sp³-hybridized carbons (Fsp3) is 0.588. The molecule has 5 nitrogen and oxygen atoms in total. The first-order chi connectivity index (χ1) is 10.6. The fourth-order valence-corrected chi connectivity index (χ4v) is 3.46. The number of carbonyl (C=O) groups excluding carboxylic acids is 1. The van der Waals surface area contributed by atoms with Crippen molar-refractivity contribution in [3.63, 3.8) is 0 Å². The van der Waals surface area contributed by atoms with Gasteiger partial charge >= 0.3 is 0 Å². The van der Waals surface area contributed by atoms with Gasteiger partial charge in [-0.25, -0.2) is 0 Å². The largest absolute Gasteiger partial charge is 0.399 e. The van der Waals surface area contributed by atoms with E-state index in [9.17, 15) is 4.79 Å². The lowest BCUT2D eigenvalue weighted by Crippen LogP contribution is -2.47. The molecule has 0 saturated carbocycles. The number of hydrogen-bond donors (Lipinski definition) is 1. The van der Waals surface area contributed by atoms with Gasteiger partial charge < -0.3 is 15.4 Å². The Bertz CT molecular complexity index is 521. The zero-order valence-corrected chi connectivity index (χ0v) is 15.7. The van der Waals surface area contributed by atoms with Crippen LogP contribution in [0.1, 0.15) is 12.5 Å². The molecule has 0 radical (unpaired) electrons. The summed E-state index contributed by atoms with van der Waals surface area (Å²) in [7, 11) is 0. The predicted molar refractivity (Wildman–Crippen MR) is 101 cm³/mol. The van der Waals surface area contributed by atoms with Gasteiger partial charge in [0.05, 0.1) is 19.6 Å². The highest BCUT2D eigenvalue weighted by Crippen LogP contribution is 2.23. The number of benzene rings is 1. The monoisotopic (exact) mass is 375 g/mol. The van der Waals surface area contributed by atoms with Crippen molar-refractivity contribution >= 4 is 36.4 Å². The number of nitrogen functional groups attached to an aromatic ring is 1. The topological polar surface area (TPSA) is 58.8 Å². The number of nitrogens with two attached hydrogens (primary N) is 1. The molecule has 2 aliphatic rings. The van der Waals surface area contributed by atoms with Crippen LogP contribution in [0.2, 0.25) is 0 Å². The molecule has 1 aromatic rings. The van der Waals surface area contributed by atoms with Crippen LogP contribution in [0.3, 0.4) is 0 Å². The predicted octanol–water partition coefficient (Wildman–Crippen LogP) is 1.83. The minimum Gasteiger partial charge on any atom is -0.399 e. The third-order valence-corrected chi connectivity index (χ3v) is 4.78. The molecule has 2 aliphatic heterocycles. The Hall–Kier alpha value is -1.01. The van der Waals surface area contributed by atoms with Crippen molar-refractivity contribution in [2.45, 2.75) is 19.4 Å². The van der Waals surface area contributed by atoms with Gasteiger partial charge in [0.2, 0.25) is 5.91 Å². The molecule has 1 amide bonds. The normalized spacial score (nSPS) is 24.1. The van der Waals surface area contributed by atoms with Crippen LogP contribution < -0.4 is 5.73 Å². The van der Waals surface area contributed by atoms with Gasteiger partial charge in [0.15, 0.2) is 0 Å². The van der Waals surface area contributed by atoms with Gasteiger partial charge in [-0.15, -0.1) is 24.8 Å². The van der Waals surface area contributed by atoms with Crippen LogP contribution in [-0.4, -0.2) is 61.1 Å². The molecule has 24 heavy (non-hydrogen) atoms. The number of rotatable bonds is 3. The molecule has 2 atom stereocenters. The van der Waals surface area contributed by atoms with E-state index in [1.165, 1.54) is 0 Å². The van der Waals surface area contributed by atoms with Crippen LogP contribution in [0.15, 0.2) is 24.3 Å². The van der Waals surface area contributed by atoms with Crippen molar-refractivity contribution in [3.05, 3.63) is 29.8 Å². The third-order valence-electron chi connectivity index (χ3n) is 4.78. The van der Waals surface area contributed by atoms with Crippen LogP contribution in [-0.2, 0) is 16.0 Å². The molecule has 0 bridgehead atoms. The summed E-state index contributed by atoms with van der Waals surface area (Å²) in [4.78, 5) is 17.0. The Labute approximate surface area is 156 Å². The van der Waals surface area contributed by atoms with E-state index >= 15 is 0 Å². The molecule has 0 spiro atoms.